The van der Waals surface area contributed by atoms with Crippen LogP contribution in [-0.2, 0) is 10.2 Å². The molecule has 2 saturated heterocycles. The summed E-state index contributed by atoms with van der Waals surface area (Å²) in [5.41, 5.74) is 0. The molecule has 2 rings (SSSR count). The van der Waals surface area contributed by atoms with Gasteiger partial charge in [0.15, 0.2) is 0 Å². The average Bonchev–Trinajstić information content (AvgIpc) is 2.38. The Labute approximate surface area is 147 Å². The minimum absolute atomic E-state index is 0. The van der Waals surface area contributed by atoms with Gasteiger partial charge >= 0.3 is 0 Å². The Hall–Kier alpha value is 0.370. The maximum absolute atomic E-state index is 12.3. The van der Waals surface area contributed by atoms with Crippen LogP contribution in [-0.4, -0.2) is 70.0 Å². The number of halogens is 2. The lowest BCUT2D eigenvalue weighted by Crippen LogP contribution is -2.50. The summed E-state index contributed by atoms with van der Waals surface area (Å²) in [6.07, 6.45) is 1.12. The molecule has 0 bridgehead atoms. The third kappa shape index (κ3) is 6.86. The number of nitrogens with zero attached hydrogens (tertiary/aromatic N) is 2. The summed E-state index contributed by atoms with van der Waals surface area (Å²) < 4.78 is 29.0. The van der Waals surface area contributed by atoms with Gasteiger partial charge in [-0.2, -0.15) is 12.7 Å². The summed E-state index contributed by atoms with van der Waals surface area (Å²) >= 11 is 0. The van der Waals surface area contributed by atoms with Gasteiger partial charge in [-0.25, -0.2) is 4.72 Å². The number of nitrogens with one attached hydrogen (secondary N) is 2. The molecule has 0 aromatic carbocycles. The molecule has 2 heterocycles. The zero-order valence-electron chi connectivity index (χ0n) is 13.5. The lowest BCUT2D eigenvalue weighted by molar-refractivity contribution is 0.218. The van der Waals surface area contributed by atoms with E-state index in [-0.39, 0.29) is 24.8 Å². The summed E-state index contributed by atoms with van der Waals surface area (Å²) in [4.78, 5) is 2.29. The van der Waals surface area contributed by atoms with E-state index in [9.17, 15) is 8.42 Å². The van der Waals surface area contributed by atoms with Crippen LogP contribution in [0.25, 0.3) is 0 Å². The molecule has 2 atom stereocenters. The second kappa shape index (κ2) is 10.3. The molecule has 0 radical (unpaired) electrons. The highest BCUT2D eigenvalue weighted by Crippen LogP contribution is 2.22. The quantitative estimate of drug-likeness (QED) is 0.735. The molecule has 2 aliphatic rings. The van der Waals surface area contributed by atoms with E-state index < -0.39 is 10.2 Å². The summed E-state index contributed by atoms with van der Waals surface area (Å²) in [5.74, 6) is 0.895. The predicted molar refractivity (Wildman–Crippen MR) is 95.2 cm³/mol. The largest absolute Gasteiger partial charge is 0.314 e. The van der Waals surface area contributed by atoms with Crippen LogP contribution < -0.4 is 10.0 Å². The highest BCUT2D eigenvalue weighted by Gasteiger charge is 2.30. The molecule has 134 valence electrons. The van der Waals surface area contributed by atoms with Crippen molar-refractivity contribution in [1.29, 1.82) is 0 Å². The van der Waals surface area contributed by atoms with E-state index in [1.165, 1.54) is 0 Å². The second-order valence-electron chi connectivity index (χ2n) is 6.25. The fourth-order valence-electron chi connectivity index (χ4n) is 3.16. The van der Waals surface area contributed by atoms with Gasteiger partial charge in [0.05, 0.1) is 0 Å². The molecule has 9 heteroatoms. The van der Waals surface area contributed by atoms with E-state index in [2.05, 4.69) is 28.8 Å². The SMILES string of the molecule is CC1CC(C)CN(S(=O)(=O)NCCN2CCNCC2)C1.Cl.Cl. The van der Waals surface area contributed by atoms with Gasteiger partial charge in [-0.15, -0.1) is 24.8 Å². The molecule has 2 unspecified atom stereocenters. The van der Waals surface area contributed by atoms with Crippen molar-refractivity contribution in [3.8, 4) is 0 Å². The van der Waals surface area contributed by atoms with Crippen LogP contribution in [0.1, 0.15) is 20.3 Å². The van der Waals surface area contributed by atoms with Gasteiger partial charge in [0.2, 0.25) is 0 Å². The number of rotatable bonds is 5. The Balaban J connectivity index is 0.00000220. The Kier molecular flexibility index (Phi) is 10.5. The van der Waals surface area contributed by atoms with Gasteiger partial charge < -0.3 is 5.32 Å². The molecule has 2 aliphatic heterocycles. The molecule has 22 heavy (non-hydrogen) atoms. The van der Waals surface area contributed by atoms with Crippen molar-refractivity contribution in [3.63, 3.8) is 0 Å². The number of hydrogen-bond donors (Lipinski definition) is 2. The minimum atomic E-state index is -3.31. The van der Waals surface area contributed by atoms with Crippen LogP contribution in [0, 0.1) is 11.8 Å². The van der Waals surface area contributed by atoms with Gasteiger partial charge in [0.25, 0.3) is 10.2 Å². The fourth-order valence-corrected chi connectivity index (χ4v) is 4.59. The molecule has 0 aromatic rings. The van der Waals surface area contributed by atoms with Crippen LogP contribution in [0.5, 0.6) is 0 Å². The van der Waals surface area contributed by atoms with Gasteiger partial charge in [-0.05, 0) is 18.3 Å². The molecular formula is C13H30Cl2N4O2S. The normalized spacial score (nSPS) is 27.7. The zero-order valence-corrected chi connectivity index (χ0v) is 15.9. The lowest BCUT2D eigenvalue weighted by Gasteiger charge is -2.34. The first-order valence-corrected chi connectivity index (χ1v) is 9.09. The maximum atomic E-state index is 12.3. The van der Waals surface area contributed by atoms with Gasteiger partial charge in [0.1, 0.15) is 0 Å². The van der Waals surface area contributed by atoms with Crippen molar-refractivity contribution in [1.82, 2.24) is 19.2 Å². The molecular weight excluding hydrogens is 347 g/mol. The smallest absolute Gasteiger partial charge is 0.279 e. The van der Waals surface area contributed by atoms with Crippen molar-refractivity contribution in [3.05, 3.63) is 0 Å². The van der Waals surface area contributed by atoms with Crippen LogP contribution >= 0.6 is 24.8 Å². The maximum Gasteiger partial charge on any atom is 0.279 e. The molecule has 0 aromatic heterocycles. The van der Waals surface area contributed by atoms with E-state index in [4.69, 9.17) is 0 Å². The van der Waals surface area contributed by atoms with Gasteiger partial charge in [-0.3, -0.25) is 4.90 Å². The standard InChI is InChI=1S/C13H28N4O2S.2ClH/c1-12-9-13(2)11-17(10-12)20(18,19)15-5-8-16-6-3-14-4-7-16;;/h12-15H,3-11H2,1-2H3;2*1H. The molecule has 0 spiro atoms. The van der Waals surface area contributed by atoms with E-state index in [1.807, 2.05) is 0 Å². The number of piperazine rings is 1. The Bertz CT molecular complexity index is 395. The Morgan fingerprint density at radius 2 is 1.64 bits per heavy atom. The van der Waals surface area contributed by atoms with Crippen LogP contribution in [0.4, 0.5) is 0 Å². The van der Waals surface area contributed by atoms with Crippen LogP contribution in [0.15, 0.2) is 0 Å². The molecule has 2 fully saturated rings. The van der Waals surface area contributed by atoms with Gasteiger partial charge in [-0.1, -0.05) is 13.8 Å². The summed E-state index contributed by atoms with van der Waals surface area (Å²) in [6.45, 7) is 10.8. The Morgan fingerprint density at radius 3 is 2.18 bits per heavy atom. The molecule has 0 saturated carbocycles. The van der Waals surface area contributed by atoms with Crippen LogP contribution in [0.3, 0.4) is 0 Å². The minimum Gasteiger partial charge on any atom is -0.314 e. The summed E-state index contributed by atoms with van der Waals surface area (Å²) in [5, 5.41) is 3.29. The first-order chi connectivity index (χ1) is 9.47. The first kappa shape index (κ1) is 22.4. The monoisotopic (exact) mass is 376 g/mol. The van der Waals surface area contributed by atoms with Crippen molar-refractivity contribution in [2.75, 3.05) is 52.4 Å². The van der Waals surface area contributed by atoms with E-state index >= 15 is 0 Å². The van der Waals surface area contributed by atoms with E-state index in [0.717, 1.165) is 39.1 Å². The van der Waals surface area contributed by atoms with E-state index in [1.54, 1.807) is 4.31 Å². The third-order valence-electron chi connectivity index (χ3n) is 4.10. The average molecular weight is 377 g/mol. The van der Waals surface area contributed by atoms with E-state index in [0.29, 0.717) is 31.5 Å². The topological polar surface area (TPSA) is 64.7 Å². The summed E-state index contributed by atoms with van der Waals surface area (Å²) in [7, 11) is -3.31. The van der Waals surface area contributed by atoms with Crippen molar-refractivity contribution in [2.45, 2.75) is 20.3 Å². The number of hydrogen-bond acceptors (Lipinski definition) is 4. The Morgan fingerprint density at radius 1 is 1.09 bits per heavy atom. The second-order valence-corrected chi connectivity index (χ2v) is 8.01. The first-order valence-electron chi connectivity index (χ1n) is 7.65. The van der Waals surface area contributed by atoms with Crippen molar-refractivity contribution < 1.29 is 8.42 Å². The highest BCUT2D eigenvalue weighted by atomic mass is 35.5. The lowest BCUT2D eigenvalue weighted by atomic mass is 9.94. The predicted octanol–water partition coefficient (Wildman–Crippen LogP) is 0.547. The fraction of sp³-hybridized carbons (Fsp3) is 1.00. The third-order valence-corrected chi connectivity index (χ3v) is 5.64. The van der Waals surface area contributed by atoms with Gasteiger partial charge in [0, 0.05) is 52.4 Å². The molecule has 6 nitrogen and oxygen atoms in total. The highest BCUT2D eigenvalue weighted by molar-refractivity contribution is 7.87. The molecule has 2 N–H and O–H groups in total. The van der Waals surface area contributed by atoms with Crippen LogP contribution in [0.2, 0.25) is 0 Å². The number of piperidine rings is 1. The zero-order chi connectivity index (χ0) is 14.6. The van der Waals surface area contributed by atoms with Crippen molar-refractivity contribution >= 4 is 35.0 Å². The molecule has 0 amide bonds. The summed E-state index contributed by atoms with van der Waals surface area (Å²) in [6, 6.07) is 0. The van der Waals surface area contributed by atoms with Crippen molar-refractivity contribution in [2.24, 2.45) is 11.8 Å². The molecule has 0 aliphatic carbocycles.